The predicted octanol–water partition coefficient (Wildman–Crippen LogP) is 4.89. The van der Waals surface area contributed by atoms with Gasteiger partial charge in [0, 0.05) is 34.0 Å². The zero-order valence-corrected chi connectivity index (χ0v) is 14.1. The summed E-state index contributed by atoms with van der Waals surface area (Å²) in [5, 5.41) is 1.67. The number of methoxy groups -OCH3 is 1. The Balaban J connectivity index is 1.79. The van der Waals surface area contributed by atoms with Crippen molar-refractivity contribution in [2.75, 3.05) is 7.11 Å². The molecule has 3 rings (SSSR count). The van der Waals surface area contributed by atoms with Crippen LogP contribution in [0.15, 0.2) is 57.7 Å². The van der Waals surface area contributed by atoms with Gasteiger partial charge >= 0.3 is 5.63 Å². The minimum absolute atomic E-state index is 0.340. The Morgan fingerprint density at radius 2 is 1.87 bits per heavy atom. The molecule has 3 nitrogen and oxygen atoms in total. The van der Waals surface area contributed by atoms with Crippen molar-refractivity contribution in [2.45, 2.75) is 11.5 Å². The number of hydrogen-bond acceptors (Lipinski definition) is 4. The minimum atomic E-state index is -0.340. The molecule has 0 amide bonds. The molecule has 0 atom stereocenters. The Morgan fingerprint density at radius 1 is 1.09 bits per heavy atom. The number of fused-ring (bicyclic) bond motifs is 1. The van der Waals surface area contributed by atoms with E-state index in [2.05, 4.69) is 0 Å². The van der Waals surface area contributed by atoms with Crippen molar-refractivity contribution in [3.8, 4) is 5.75 Å². The van der Waals surface area contributed by atoms with Gasteiger partial charge in [-0.2, -0.15) is 11.8 Å². The van der Waals surface area contributed by atoms with Crippen molar-refractivity contribution < 1.29 is 9.15 Å². The van der Waals surface area contributed by atoms with Crippen molar-refractivity contribution in [1.82, 2.24) is 0 Å². The molecule has 1 heterocycles. The lowest BCUT2D eigenvalue weighted by molar-refractivity contribution is 0.414. The van der Waals surface area contributed by atoms with Gasteiger partial charge in [0.2, 0.25) is 0 Å². The SMILES string of the molecule is COc1ccc2c(CSCc3ccc(Cl)cc3)cc(=O)oc2c1. The lowest BCUT2D eigenvalue weighted by Crippen LogP contribution is -2.00. The predicted molar refractivity (Wildman–Crippen MR) is 95.5 cm³/mol. The van der Waals surface area contributed by atoms with Crippen molar-refractivity contribution in [3.63, 3.8) is 0 Å². The third-order valence-corrected chi connectivity index (χ3v) is 4.78. The van der Waals surface area contributed by atoms with Gasteiger partial charge in [0.1, 0.15) is 11.3 Å². The van der Waals surface area contributed by atoms with Crippen LogP contribution in [0.4, 0.5) is 0 Å². The van der Waals surface area contributed by atoms with Gasteiger partial charge in [-0.1, -0.05) is 23.7 Å². The molecule has 2 aromatic carbocycles. The van der Waals surface area contributed by atoms with E-state index >= 15 is 0 Å². The van der Waals surface area contributed by atoms with E-state index in [-0.39, 0.29) is 5.63 Å². The number of thioether (sulfide) groups is 1. The van der Waals surface area contributed by atoms with Crippen molar-refractivity contribution in [3.05, 3.63) is 75.1 Å². The van der Waals surface area contributed by atoms with Gasteiger partial charge < -0.3 is 9.15 Å². The van der Waals surface area contributed by atoms with Crippen molar-refractivity contribution in [1.29, 1.82) is 0 Å². The molecule has 0 unspecified atom stereocenters. The molecule has 0 radical (unpaired) electrons. The molecule has 0 spiro atoms. The zero-order chi connectivity index (χ0) is 16.2. The molecule has 0 saturated carbocycles. The molecule has 0 fully saturated rings. The lowest BCUT2D eigenvalue weighted by atomic mass is 10.1. The molecule has 0 bridgehead atoms. The van der Waals surface area contributed by atoms with Crippen molar-refractivity contribution >= 4 is 34.3 Å². The largest absolute Gasteiger partial charge is 0.497 e. The fraction of sp³-hybridized carbons (Fsp3) is 0.167. The molecule has 0 aliphatic carbocycles. The van der Waals surface area contributed by atoms with E-state index in [4.69, 9.17) is 20.8 Å². The average molecular weight is 347 g/mol. The summed E-state index contributed by atoms with van der Waals surface area (Å²) in [7, 11) is 1.59. The molecule has 1 aromatic heterocycles. The Bertz CT molecular complexity index is 872. The summed E-state index contributed by atoms with van der Waals surface area (Å²) in [5.74, 6) is 2.26. The van der Waals surface area contributed by atoms with Crippen LogP contribution < -0.4 is 10.4 Å². The van der Waals surface area contributed by atoms with Crippen LogP contribution >= 0.6 is 23.4 Å². The minimum Gasteiger partial charge on any atom is -0.497 e. The van der Waals surface area contributed by atoms with Gasteiger partial charge in [0.15, 0.2) is 0 Å². The second-order valence-electron chi connectivity index (χ2n) is 5.07. The molecule has 5 heteroatoms. The van der Waals surface area contributed by atoms with Crippen LogP contribution in [0.5, 0.6) is 5.75 Å². The smallest absolute Gasteiger partial charge is 0.336 e. The highest BCUT2D eigenvalue weighted by molar-refractivity contribution is 7.97. The van der Waals surface area contributed by atoms with Gasteiger partial charge in [0.25, 0.3) is 0 Å². The number of rotatable bonds is 5. The topological polar surface area (TPSA) is 39.4 Å². The molecular formula is C18H15ClO3S. The van der Waals surface area contributed by atoms with Crippen LogP contribution in [0, 0.1) is 0 Å². The lowest BCUT2D eigenvalue weighted by Gasteiger charge is -2.07. The van der Waals surface area contributed by atoms with E-state index in [0.717, 1.165) is 27.5 Å². The van der Waals surface area contributed by atoms with Gasteiger partial charge in [-0.25, -0.2) is 4.79 Å². The molecular weight excluding hydrogens is 332 g/mol. The zero-order valence-electron chi connectivity index (χ0n) is 12.5. The molecule has 0 aliphatic rings. The van der Waals surface area contributed by atoms with Crippen LogP contribution in [-0.4, -0.2) is 7.11 Å². The van der Waals surface area contributed by atoms with Crippen LogP contribution in [0.1, 0.15) is 11.1 Å². The first-order valence-corrected chi connectivity index (χ1v) is 8.62. The highest BCUT2D eigenvalue weighted by Gasteiger charge is 2.07. The number of halogens is 1. The fourth-order valence-corrected chi connectivity index (χ4v) is 3.43. The maximum Gasteiger partial charge on any atom is 0.336 e. The summed E-state index contributed by atoms with van der Waals surface area (Å²) in [4.78, 5) is 11.7. The monoisotopic (exact) mass is 346 g/mol. The summed E-state index contributed by atoms with van der Waals surface area (Å²) in [6.45, 7) is 0. The van der Waals surface area contributed by atoms with Gasteiger partial charge in [-0.05, 0) is 35.4 Å². The fourth-order valence-electron chi connectivity index (χ4n) is 2.32. The molecule has 0 aliphatic heterocycles. The van der Waals surface area contributed by atoms with Crippen LogP contribution in [0.2, 0.25) is 5.02 Å². The first-order valence-electron chi connectivity index (χ1n) is 7.08. The maximum atomic E-state index is 11.7. The summed E-state index contributed by atoms with van der Waals surface area (Å²) in [5.41, 5.74) is 2.39. The number of ether oxygens (including phenoxy) is 1. The third-order valence-electron chi connectivity index (χ3n) is 3.48. The number of hydrogen-bond donors (Lipinski definition) is 0. The van der Waals surface area contributed by atoms with Crippen LogP contribution in [-0.2, 0) is 11.5 Å². The van der Waals surface area contributed by atoms with Crippen molar-refractivity contribution in [2.24, 2.45) is 0 Å². The van der Waals surface area contributed by atoms with Crippen LogP contribution in [0.3, 0.4) is 0 Å². The maximum absolute atomic E-state index is 11.7. The first kappa shape index (κ1) is 16.0. The van der Waals surface area contributed by atoms with E-state index in [1.165, 1.54) is 5.56 Å². The van der Waals surface area contributed by atoms with E-state index in [0.29, 0.717) is 11.3 Å². The highest BCUT2D eigenvalue weighted by atomic mass is 35.5. The van der Waals surface area contributed by atoms with E-state index < -0.39 is 0 Å². The van der Waals surface area contributed by atoms with E-state index in [1.54, 1.807) is 31.0 Å². The molecule has 0 N–H and O–H groups in total. The third kappa shape index (κ3) is 3.89. The summed E-state index contributed by atoms with van der Waals surface area (Å²) in [6, 6.07) is 14.9. The standard InChI is InChI=1S/C18H15ClO3S/c1-21-15-6-7-16-13(8-18(20)22-17(16)9-15)11-23-10-12-2-4-14(19)5-3-12/h2-9H,10-11H2,1H3. The molecule has 118 valence electrons. The summed E-state index contributed by atoms with van der Waals surface area (Å²) in [6.07, 6.45) is 0. The molecule has 3 aromatic rings. The number of benzene rings is 2. The first-order chi connectivity index (χ1) is 11.2. The van der Waals surface area contributed by atoms with Gasteiger partial charge in [-0.3, -0.25) is 0 Å². The Labute approximate surface area is 143 Å². The summed E-state index contributed by atoms with van der Waals surface area (Å²) >= 11 is 7.63. The Hall–Kier alpha value is -1.91. The second kappa shape index (κ2) is 7.11. The second-order valence-corrected chi connectivity index (χ2v) is 6.49. The molecule has 23 heavy (non-hydrogen) atoms. The van der Waals surface area contributed by atoms with Gasteiger partial charge in [0.05, 0.1) is 7.11 Å². The average Bonchev–Trinajstić information content (AvgIpc) is 2.55. The quantitative estimate of drug-likeness (QED) is 0.617. The van der Waals surface area contributed by atoms with E-state index in [9.17, 15) is 4.79 Å². The van der Waals surface area contributed by atoms with Gasteiger partial charge in [-0.15, -0.1) is 0 Å². The Morgan fingerprint density at radius 3 is 2.61 bits per heavy atom. The normalized spacial score (nSPS) is 10.9. The highest BCUT2D eigenvalue weighted by Crippen LogP contribution is 2.26. The van der Waals surface area contributed by atoms with E-state index in [1.807, 2.05) is 36.4 Å². The molecule has 0 saturated heterocycles. The summed E-state index contributed by atoms with van der Waals surface area (Å²) < 4.78 is 10.4. The Kier molecular flexibility index (Phi) is 4.94. The van der Waals surface area contributed by atoms with Crippen LogP contribution in [0.25, 0.3) is 11.0 Å².